The molecule has 0 aromatic carbocycles. The van der Waals surface area contributed by atoms with Crippen molar-refractivity contribution in [2.75, 3.05) is 0 Å². The number of allylic oxidation sites excluding steroid dienone is 8. The molecule has 28 heavy (non-hydrogen) atoms. The van der Waals surface area contributed by atoms with Crippen LogP contribution in [-0.2, 0) is 4.79 Å². The molecule has 0 bridgehead atoms. The van der Waals surface area contributed by atoms with Gasteiger partial charge in [-0.1, -0.05) is 66.4 Å². The normalized spacial score (nSPS) is 12.7. The number of rotatable bonds is 14. The minimum atomic E-state index is -0.675. The Morgan fingerprint density at radius 2 is 1.21 bits per heavy atom. The van der Waals surface area contributed by atoms with Crippen LogP contribution in [0.1, 0.15) is 106 Å². The summed E-state index contributed by atoms with van der Waals surface area (Å²) in [6.07, 6.45) is 16.9. The summed E-state index contributed by atoms with van der Waals surface area (Å²) >= 11 is 0. The summed E-state index contributed by atoms with van der Waals surface area (Å²) in [5.41, 5.74) is 4.59. The molecule has 0 spiro atoms. The summed E-state index contributed by atoms with van der Waals surface area (Å²) in [4.78, 5) is 12.3. The van der Waals surface area contributed by atoms with Crippen molar-refractivity contribution in [3.05, 3.63) is 46.6 Å². The van der Waals surface area contributed by atoms with Crippen LogP contribution in [0.15, 0.2) is 46.6 Å². The van der Waals surface area contributed by atoms with E-state index in [1.54, 1.807) is 0 Å². The molecule has 0 heterocycles. The number of carboxylic acids is 1. The maximum absolute atomic E-state index is 12.3. The maximum atomic E-state index is 12.3. The average molecular weight is 389 g/mol. The van der Waals surface area contributed by atoms with Gasteiger partial charge in [0.05, 0.1) is 5.41 Å². The maximum Gasteiger partial charge on any atom is 0.310 e. The summed E-state index contributed by atoms with van der Waals surface area (Å²) in [5.74, 6) is -0.650. The van der Waals surface area contributed by atoms with Crippen molar-refractivity contribution >= 4 is 5.97 Å². The standard InChI is InChI=1S/C26H44O2/c1-8-9-18-26(25(27)28,19-16-23(6)14-10-12-21(2)3)20-17-24(7)15-11-13-22(4)5/h12-13,16-17H,8-11,14-15,18-20H2,1-7H3,(H,27,28)/b23-16+,24-17+. The largest absolute Gasteiger partial charge is 0.481 e. The van der Waals surface area contributed by atoms with Gasteiger partial charge in [0.25, 0.3) is 0 Å². The number of aliphatic carboxylic acids is 1. The Morgan fingerprint density at radius 3 is 1.54 bits per heavy atom. The molecule has 0 saturated carbocycles. The van der Waals surface area contributed by atoms with Crippen molar-refractivity contribution in [2.24, 2.45) is 5.41 Å². The van der Waals surface area contributed by atoms with Crippen LogP contribution < -0.4 is 0 Å². The first-order valence-electron chi connectivity index (χ1n) is 10.9. The van der Waals surface area contributed by atoms with Gasteiger partial charge in [0.15, 0.2) is 0 Å². The third kappa shape index (κ3) is 12.0. The molecule has 0 rings (SSSR count). The second-order valence-corrected chi connectivity index (χ2v) is 8.84. The molecule has 0 aromatic heterocycles. The van der Waals surface area contributed by atoms with Gasteiger partial charge >= 0.3 is 5.97 Å². The van der Waals surface area contributed by atoms with E-state index in [0.29, 0.717) is 12.8 Å². The fraction of sp³-hybridized carbons (Fsp3) is 0.654. The van der Waals surface area contributed by atoms with Crippen molar-refractivity contribution in [2.45, 2.75) is 106 Å². The Labute approximate surface area is 174 Å². The Balaban J connectivity index is 5.22. The Hall–Kier alpha value is -1.57. The van der Waals surface area contributed by atoms with Crippen LogP contribution in [0.2, 0.25) is 0 Å². The second-order valence-electron chi connectivity index (χ2n) is 8.84. The van der Waals surface area contributed by atoms with Crippen LogP contribution in [0.25, 0.3) is 0 Å². The molecule has 0 saturated heterocycles. The Bertz CT molecular complexity index is 540. The molecule has 0 radical (unpaired) electrons. The molecular weight excluding hydrogens is 344 g/mol. The first-order valence-corrected chi connectivity index (χ1v) is 10.9. The first-order chi connectivity index (χ1) is 13.1. The van der Waals surface area contributed by atoms with Crippen molar-refractivity contribution in [3.8, 4) is 0 Å². The van der Waals surface area contributed by atoms with E-state index in [1.807, 2.05) is 0 Å². The van der Waals surface area contributed by atoms with Crippen molar-refractivity contribution in [1.29, 1.82) is 0 Å². The van der Waals surface area contributed by atoms with Crippen LogP contribution in [0.4, 0.5) is 0 Å². The molecule has 0 atom stereocenters. The zero-order valence-electron chi connectivity index (χ0n) is 19.5. The molecule has 0 amide bonds. The van der Waals surface area contributed by atoms with Gasteiger partial charge in [0.2, 0.25) is 0 Å². The van der Waals surface area contributed by atoms with E-state index in [4.69, 9.17) is 0 Å². The highest BCUT2D eigenvalue weighted by atomic mass is 16.4. The lowest BCUT2D eigenvalue weighted by Crippen LogP contribution is -2.30. The van der Waals surface area contributed by atoms with E-state index in [-0.39, 0.29) is 0 Å². The molecule has 0 fully saturated rings. The first kappa shape index (κ1) is 26.4. The number of hydrogen-bond acceptors (Lipinski definition) is 1. The lowest BCUT2D eigenvalue weighted by atomic mass is 9.75. The fourth-order valence-electron chi connectivity index (χ4n) is 3.20. The van der Waals surface area contributed by atoms with Gasteiger partial charge in [0.1, 0.15) is 0 Å². The van der Waals surface area contributed by atoms with Crippen molar-refractivity contribution in [3.63, 3.8) is 0 Å². The number of carboxylic acid groups (broad SMARTS) is 1. The lowest BCUT2D eigenvalue weighted by Gasteiger charge is -2.28. The number of hydrogen-bond donors (Lipinski definition) is 1. The van der Waals surface area contributed by atoms with E-state index in [1.165, 1.54) is 22.3 Å². The summed E-state index contributed by atoms with van der Waals surface area (Å²) < 4.78 is 0. The smallest absolute Gasteiger partial charge is 0.310 e. The van der Waals surface area contributed by atoms with Crippen LogP contribution in [0, 0.1) is 5.41 Å². The predicted octanol–water partition coefficient (Wildman–Crippen LogP) is 8.41. The molecule has 2 nitrogen and oxygen atoms in total. The average Bonchev–Trinajstić information content (AvgIpc) is 2.60. The van der Waals surface area contributed by atoms with Gasteiger partial charge < -0.3 is 5.11 Å². The molecule has 0 aliphatic carbocycles. The predicted molar refractivity (Wildman–Crippen MR) is 124 cm³/mol. The van der Waals surface area contributed by atoms with E-state index in [9.17, 15) is 9.90 Å². The van der Waals surface area contributed by atoms with Gasteiger partial charge in [-0.25, -0.2) is 0 Å². The summed E-state index contributed by atoms with van der Waals surface area (Å²) in [6.45, 7) is 14.9. The molecular formula is C26H44O2. The van der Waals surface area contributed by atoms with Crippen LogP contribution in [-0.4, -0.2) is 11.1 Å². The Kier molecular flexibility index (Phi) is 13.6. The topological polar surface area (TPSA) is 37.3 Å². The zero-order chi connectivity index (χ0) is 21.6. The molecule has 0 aliphatic heterocycles. The molecule has 0 unspecified atom stereocenters. The van der Waals surface area contributed by atoms with Crippen LogP contribution >= 0.6 is 0 Å². The van der Waals surface area contributed by atoms with Gasteiger partial charge in [-0.2, -0.15) is 0 Å². The minimum absolute atomic E-state index is 0.626. The van der Waals surface area contributed by atoms with E-state index in [0.717, 1.165) is 44.9 Å². The second kappa shape index (κ2) is 14.4. The molecule has 0 aromatic rings. The zero-order valence-corrected chi connectivity index (χ0v) is 19.5. The summed E-state index contributed by atoms with van der Waals surface area (Å²) in [7, 11) is 0. The van der Waals surface area contributed by atoms with Gasteiger partial charge in [0, 0.05) is 0 Å². The minimum Gasteiger partial charge on any atom is -0.481 e. The summed E-state index contributed by atoms with van der Waals surface area (Å²) in [5, 5.41) is 10.1. The van der Waals surface area contributed by atoms with Crippen molar-refractivity contribution < 1.29 is 9.90 Å². The number of unbranched alkanes of at least 4 members (excludes halogenated alkanes) is 1. The number of carbonyl (C=O) groups is 1. The fourth-order valence-corrected chi connectivity index (χ4v) is 3.20. The molecule has 2 heteroatoms. The van der Waals surface area contributed by atoms with E-state index >= 15 is 0 Å². The molecule has 160 valence electrons. The SMILES string of the molecule is CCCCC(C/C=C(\C)CCC=C(C)C)(C/C=C(\C)CCC=C(C)C)C(=O)O. The summed E-state index contributed by atoms with van der Waals surface area (Å²) in [6, 6.07) is 0. The Morgan fingerprint density at radius 1 is 0.786 bits per heavy atom. The van der Waals surface area contributed by atoms with Gasteiger partial charge in [-0.15, -0.1) is 0 Å². The van der Waals surface area contributed by atoms with Gasteiger partial charge in [-0.05, 0) is 86.5 Å². The van der Waals surface area contributed by atoms with Crippen LogP contribution in [0.5, 0.6) is 0 Å². The quantitative estimate of drug-likeness (QED) is 0.303. The monoisotopic (exact) mass is 388 g/mol. The third-order valence-electron chi connectivity index (χ3n) is 5.33. The highest BCUT2D eigenvalue weighted by molar-refractivity contribution is 5.75. The molecule has 1 N–H and O–H groups in total. The van der Waals surface area contributed by atoms with Crippen molar-refractivity contribution in [1.82, 2.24) is 0 Å². The van der Waals surface area contributed by atoms with Gasteiger partial charge in [-0.3, -0.25) is 4.79 Å². The van der Waals surface area contributed by atoms with Crippen LogP contribution in [0.3, 0.4) is 0 Å². The van der Waals surface area contributed by atoms with E-state index in [2.05, 4.69) is 72.8 Å². The lowest BCUT2D eigenvalue weighted by molar-refractivity contribution is -0.149. The third-order valence-corrected chi connectivity index (χ3v) is 5.33. The highest BCUT2D eigenvalue weighted by Gasteiger charge is 2.35. The molecule has 0 aliphatic rings. The highest BCUT2D eigenvalue weighted by Crippen LogP contribution is 2.36. The van der Waals surface area contributed by atoms with E-state index < -0.39 is 11.4 Å².